The Morgan fingerprint density at radius 3 is 2.54 bits per heavy atom. The normalized spacial score (nSPS) is 14.3. The first-order valence-electron chi connectivity index (χ1n) is 11.5. The number of aromatic nitrogens is 4. The zero-order valence-corrected chi connectivity index (χ0v) is 20.4. The van der Waals surface area contributed by atoms with Crippen LogP contribution in [0.15, 0.2) is 78.2 Å². The van der Waals surface area contributed by atoms with Crippen molar-refractivity contribution in [1.82, 2.24) is 24.1 Å². The molecule has 0 amide bonds. The van der Waals surface area contributed by atoms with E-state index in [-0.39, 0.29) is 4.90 Å². The fourth-order valence-corrected chi connectivity index (χ4v) is 6.07. The number of likely N-dealkylation sites (N-methyl/N-ethyl adjacent to an activating group) is 1. The van der Waals surface area contributed by atoms with Crippen LogP contribution in [0.25, 0.3) is 33.3 Å². The van der Waals surface area contributed by atoms with Gasteiger partial charge in [-0.1, -0.05) is 29.8 Å². The third kappa shape index (κ3) is 3.75. The molecule has 8 heteroatoms. The summed E-state index contributed by atoms with van der Waals surface area (Å²) in [4.78, 5) is 7.21. The smallest absolute Gasteiger partial charge is 0.269 e. The molecule has 4 heterocycles. The Labute approximate surface area is 204 Å². The van der Waals surface area contributed by atoms with Crippen LogP contribution in [0.4, 0.5) is 0 Å². The molecule has 5 aromatic rings. The molecule has 0 fully saturated rings. The van der Waals surface area contributed by atoms with Gasteiger partial charge in [0, 0.05) is 53.8 Å². The summed E-state index contributed by atoms with van der Waals surface area (Å²) in [5.41, 5.74) is 7.68. The van der Waals surface area contributed by atoms with Crippen molar-refractivity contribution in [2.75, 3.05) is 13.6 Å². The van der Waals surface area contributed by atoms with E-state index in [2.05, 4.69) is 45.3 Å². The molecule has 1 aliphatic rings. The molecule has 6 rings (SSSR count). The lowest BCUT2D eigenvalue weighted by atomic mass is 9.95. The number of benzene rings is 2. The number of nitrogens with one attached hydrogen (secondary N) is 1. The first-order chi connectivity index (χ1) is 16.9. The van der Waals surface area contributed by atoms with Crippen LogP contribution in [0, 0.1) is 6.92 Å². The number of nitrogens with zero attached hydrogens (tertiary/aromatic N) is 4. The first-order valence-corrected chi connectivity index (χ1v) is 13.0. The lowest BCUT2D eigenvalue weighted by Crippen LogP contribution is -2.26. The molecule has 1 N–H and O–H groups in total. The lowest BCUT2D eigenvalue weighted by molar-refractivity contribution is 0.313. The second-order valence-electron chi connectivity index (χ2n) is 9.21. The van der Waals surface area contributed by atoms with Gasteiger partial charge in [-0.2, -0.15) is 5.10 Å². The average molecular weight is 484 g/mol. The maximum Gasteiger partial charge on any atom is 0.269 e. The molecule has 0 bridgehead atoms. The Morgan fingerprint density at radius 2 is 1.77 bits per heavy atom. The van der Waals surface area contributed by atoms with Crippen molar-refractivity contribution in [2.45, 2.75) is 24.8 Å². The Bertz CT molecular complexity index is 1650. The Morgan fingerprint density at radius 1 is 0.943 bits per heavy atom. The van der Waals surface area contributed by atoms with Gasteiger partial charge in [0.1, 0.15) is 0 Å². The van der Waals surface area contributed by atoms with Crippen molar-refractivity contribution in [1.29, 1.82) is 0 Å². The summed E-state index contributed by atoms with van der Waals surface area (Å²) in [6.45, 7) is 3.92. The lowest BCUT2D eigenvalue weighted by Gasteiger charge is -2.25. The third-order valence-electron chi connectivity index (χ3n) is 6.74. The molecule has 0 radical (unpaired) electrons. The minimum atomic E-state index is -3.83. The summed E-state index contributed by atoms with van der Waals surface area (Å²) >= 11 is 0. The Kier molecular flexibility index (Phi) is 5.09. The maximum absolute atomic E-state index is 13.6. The largest absolute Gasteiger partial charge is 0.302 e. The zero-order valence-electron chi connectivity index (χ0n) is 19.6. The highest BCUT2D eigenvalue weighted by molar-refractivity contribution is 7.90. The van der Waals surface area contributed by atoms with Crippen molar-refractivity contribution in [3.8, 4) is 22.3 Å². The summed E-state index contributed by atoms with van der Waals surface area (Å²) in [6.07, 6.45) is 7.91. The molecule has 7 nitrogen and oxygen atoms in total. The highest BCUT2D eigenvalue weighted by Crippen LogP contribution is 2.35. The van der Waals surface area contributed by atoms with E-state index >= 15 is 0 Å². The van der Waals surface area contributed by atoms with E-state index in [9.17, 15) is 8.42 Å². The van der Waals surface area contributed by atoms with Crippen LogP contribution in [-0.2, 0) is 23.0 Å². The van der Waals surface area contributed by atoms with Crippen LogP contribution in [0.5, 0.6) is 0 Å². The van der Waals surface area contributed by atoms with E-state index < -0.39 is 10.0 Å². The molecular weight excluding hydrogens is 458 g/mol. The highest BCUT2D eigenvalue weighted by atomic mass is 32.2. The predicted molar refractivity (Wildman–Crippen MR) is 137 cm³/mol. The third-order valence-corrected chi connectivity index (χ3v) is 8.41. The van der Waals surface area contributed by atoms with E-state index in [0.717, 1.165) is 52.7 Å². The Hall–Kier alpha value is -3.75. The standard InChI is InChI=1S/C27H25N5O2S/c1-18-3-7-24(8-4-18)35(33,34)32-17-26(23-14-29-30-15-23)25-12-21(13-28-27(25)32)20-6-5-19-9-10-31(2)16-22(19)11-20/h3-8,11-15,17H,9-10,16H2,1-2H3,(H,29,30). The molecule has 0 saturated carbocycles. The number of fused-ring (bicyclic) bond motifs is 2. The topological polar surface area (TPSA) is 83.9 Å². The second-order valence-corrected chi connectivity index (χ2v) is 11.0. The number of aromatic amines is 1. The summed E-state index contributed by atoms with van der Waals surface area (Å²) in [5, 5.41) is 7.66. The van der Waals surface area contributed by atoms with Gasteiger partial charge in [-0.05, 0) is 61.3 Å². The van der Waals surface area contributed by atoms with Crippen LogP contribution in [0.3, 0.4) is 0 Å². The minimum Gasteiger partial charge on any atom is -0.302 e. The fourth-order valence-electron chi connectivity index (χ4n) is 4.75. The quantitative estimate of drug-likeness (QED) is 0.403. The molecule has 1 aliphatic heterocycles. The van der Waals surface area contributed by atoms with Gasteiger partial charge >= 0.3 is 0 Å². The first kappa shape index (κ1) is 21.8. The summed E-state index contributed by atoms with van der Waals surface area (Å²) in [5.74, 6) is 0. The molecule has 3 aromatic heterocycles. The molecule has 2 aromatic carbocycles. The number of rotatable bonds is 4. The molecule has 35 heavy (non-hydrogen) atoms. The second kappa shape index (κ2) is 8.18. The van der Waals surface area contributed by atoms with E-state index in [4.69, 9.17) is 0 Å². The van der Waals surface area contributed by atoms with Gasteiger partial charge in [0.15, 0.2) is 5.65 Å². The van der Waals surface area contributed by atoms with Gasteiger partial charge in [-0.25, -0.2) is 17.4 Å². The van der Waals surface area contributed by atoms with E-state index in [1.54, 1.807) is 49.1 Å². The SMILES string of the molecule is Cc1ccc(S(=O)(=O)n2cc(-c3cn[nH]c3)c3cc(-c4ccc5c(c4)CN(C)CC5)cnc32)cc1. The van der Waals surface area contributed by atoms with Crippen LogP contribution in [0.2, 0.25) is 0 Å². The molecule has 176 valence electrons. The number of aryl methyl sites for hydroxylation is 1. The van der Waals surface area contributed by atoms with Crippen molar-refractivity contribution >= 4 is 21.1 Å². The number of pyridine rings is 1. The van der Waals surface area contributed by atoms with E-state index in [1.807, 2.05) is 13.0 Å². The van der Waals surface area contributed by atoms with E-state index in [1.165, 1.54) is 15.1 Å². The van der Waals surface area contributed by atoms with Gasteiger partial charge < -0.3 is 4.90 Å². The van der Waals surface area contributed by atoms with Crippen LogP contribution in [0.1, 0.15) is 16.7 Å². The van der Waals surface area contributed by atoms with Crippen LogP contribution in [-0.4, -0.2) is 46.1 Å². The van der Waals surface area contributed by atoms with Crippen molar-refractivity contribution in [3.63, 3.8) is 0 Å². The van der Waals surface area contributed by atoms with E-state index in [0.29, 0.717) is 5.65 Å². The molecule has 0 unspecified atom stereocenters. The monoisotopic (exact) mass is 483 g/mol. The van der Waals surface area contributed by atoms with Gasteiger partial charge in [-0.15, -0.1) is 0 Å². The Balaban J connectivity index is 1.53. The molecule has 0 aliphatic carbocycles. The van der Waals surface area contributed by atoms with Crippen molar-refractivity contribution in [3.05, 3.63) is 90.0 Å². The average Bonchev–Trinajstić information content (AvgIpc) is 3.52. The maximum atomic E-state index is 13.6. The summed E-state index contributed by atoms with van der Waals surface area (Å²) < 4.78 is 28.4. The van der Waals surface area contributed by atoms with Crippen molar-refractivity contribution < 1.29 is 8.42 Å². The van der Waals surface area contributed by atoms with Gasteiger partial charge in [0.05, 0.1) is 11.1 Å². The molecule has 0 atom stereocenters. The zero-order chi connectivity index (χ0) is 24.2. The fraction of sp³-hybridized carbons (Fsp3) is 0.185. The summed E-state index contributed by atoms with van der Waals surface area (Å²) in [6, 6.07) is 15.4. The number of H-pyrrole nitrogens is 1. The highest BCUT2D eigenvalue weighted by Gasteiger charge is 2.24. The van der Waals surface area contributed by atoms with Crippen molar-refractivity contribution in [2.24, 2.45) is 0 Å². The molecule has 0 saturated heterocycles. The molecule has 0 spiro atoms. The van der Waals surface area contributed by atoms with Gasteiger partial charge in [-0.3, -0.25) is 5.10 Å². The summed E-state index contributed by atoms with van der Waals surface area (Å²) in [7, 11) is -1.69. The van der Waals surface area contributed by atoms with Crippen LogP contribution >= 0.6 is 0 Å². The predicted octanol–water partition coefficient (Wildman–Crippen LogP) is 4.63. The van der Waals surface area contributed by atoms with Gasteiger partial charge in [0.2, 0.25) is 0 Å². The number of hydrogen-bond acceptors (Lipinski definition) is 5. The van der Waals surface area contributed by atoms with Crippen LogP contribution < -0.4 is 0 Å². The van der Waals surface area contributed by atoms with Gasteiger partial charge in [0.25, 0.3) is 10.0 Å². The molecular formula is C27H25N5O2S. The number of hydrogen-bond donors (Lipinski definition) is 1. The minimum absolute atomic E-state index is 0.225.